The highest BCUT2D eigenvalue weighted by atomic mass is 16.4. The molecule has 2 rings (SSSR count). The number of carbonyl (C=O) groups is 1. The minimum Gasteiger partial charge on any atom is -0.480 e. The molecule has 0 spiro atoms. The van der Waals surface area contributed by atoms with Gasteiger partial charge in [-0.3, -0.25) is 4.79 Å². The molecule has 3 N–H and O–H groups in total. The van der Waals surface area contributed by atoms with Crippen LogP contribution < -0.4 is 5.73 Å². The van der Waals surface area contributed by atoms with Gasteiger partial charge in [-0.25, -0.2) is 0 Å². The second-order valence-corrected chi connectivity index (χ2v) is 4.67. The molecule has 0 aromatic heterocycles. The lowest BCUT2D eigenvalue weighted by Crippen LogP contribution is -2.35. The highest BCUT2D eigenvalue weighted by Gasteiger charge is 2.24. The van der Waals surface area contributed by atoms with Crippen LogP contribution >= 0.6 is 0 Å². The van der Waals surface area contributed by atoms with E-state index in [1.54, 1.807) is 0 Å². The number of aliphatic carboxylic acids is 1. The number of rotatable bonds is 3. The van der Waals surface area contributed by atoms with Gasteiger partial charge in [-0.2, -0.15) is 0 Å². The van der Waals surface area contributed by atoms with Crippen LogP contribution in [-0.4, -0.2) is 17.1 Å². The van der Waals surface area contributed by atoms with Crippen molar-refractivity contribution < 1.29 is 9.90 Å². The van der Waals surface area contributed by atoms with Crippen molar-refractivity contribution in [3.8, 4) is 0 Å². The van der Waals surface area contributed by atoms with E-state index in [1.165, 1.54) is 0 Å². The summed E-state index contributed by atoms with van der Waals surface area (Å²) in [6.45, 7) is 3.86. The molecule has 0 aliphatic heterocycles. The van der Waals surface area contributed by atoms with E-state index in [1.807, 2.05) is 50.2 Å². The van der Waals surface area contributed by atoms with Gasteiger partial charge in [-0.1, -0.05) is 43.3 Å². The summed E-state index contributed by atoms with van der Waals surface area (Å²) < 4.78 is 0. The van der Waals surface area contributed by atoms with Gasteiger partial charge in [0, 0.05) is 5.92 Å². The lowest BCUT2D eigenvalue weighted by Gasteiger charge is -2.20. The number of nitrogens with two attached hydrogens (primary N) is 1. The Bertz CT molecular complexity index is 592. The standard InChI is InChI=1S/C15H17NO2/c1-9-7-8-11-5-3-4-6-12(11)13(9)10(2)14(16)15(17)18/h3-8,10,14H,16H2,1-2H3,(H,17,18)/t10-,14+/m1/s1. The summed E-state index contributed by atoms with van der Waals surface area (Å²) in [7, 11) is 0. The number of hydrogen-bond donors (Lipinski definition) is 2. The van der Waals surface area contributed by atoms with Gasteiger partial charge in [0.05, 0.1) is 0 Å². The predicted molar refractivity (Wildman–Crippen MR) is 72.7 cm³/mol. The quantitative estimate of drug-likeness (QED) is 0.871. The van der Waals surface area contributed by atoms with Gasteiger partial charge in [-0.05, 0) is 28.8 Å². The van der Waals surface area contributed by atoms with Crippen LogP contribution in [0.5, 0.6) is 0 Å². The molecule has 3 nitrogen and oxygen atoms in total. The smallest absolute Gasteiger partial charge is 0.321 e. The van der Waals surface area contributed by atoms with Crippen LogP contribution in [0.4, 0.5) is 0 Å². The van der Waals surface area contributed by atoms with Crippen LogP contribution in [0.1, 0.15) is 24.0 Å². The molecule has 18 heavy (non-hydrogen) atoms. The monoisotopic (exact) mass is 243 g/mol. The van der Waals surface area contributed by atoms with Crippen LogP contribution in [0.25, 0.3) is 10.8 Å². The summed E-state index contributed by atoms with van der Waals surface area (Å²) in [5.74, 6) is -1.18. The van der Waals surface area contributed by atoms with Gasteiger partial charge in [0.15, 0.2) is 0 Å². The molecular weight excluding hydrogens is 226 g/mol. The van der Waals surface area contributed by atoms with Gasteiger partial charge in [0.2, 0.25) is 0 Å². The molecule has 0 saturated heterocycles. The zero-order chi connectivity index (χ0) is 13.3. The fourth-order valence-corrected chi connectivity index (χ4v) is 2.40. The first-order valence-corrected chi connectivity index (χ1v) is 5.99. The molecule has 2 atom stereocenters. The number of carboxylic acids is 1. The molecule has 0 unspecified atom stereocenters. The maximum Gasteiger partial charge on any atom is 0.321 e. The second-order valence-electron chi connectivity index (χ2n) is 4.67. The van der Waals surface area contributed by atoms with E-state index >= 15 is 0 Å². The summed E-state index contributed by atoms with van der Waals surface area (Å²) in [6.07, 6.45) is 0. The largest absolute Gasteiger partial charge is 0.480 e. The number of hydrogen-bond acceptors (Lipinski definition) is 2. The first-order chi connectivity index (χ1) is 8.52. The van der Waals surface area contributed by atoms with Gasteiger partial charge < -0.3 is 10.8 Å². The lowest BCUT2D eigenvalue weighted by molar-refractivity contribution is -0.138. The Kier molecular flexibility index (Phi) is 3.34. The molecule has 0 radical (unpaired) electrons. The maximum absolute atomic E-state index is 11.0. The molecule has 0 bridgehead atoms. The third kappa shape index (κ3) is 2.09. The normalized spacial score (nSPS) is 14.4. The van der Waals surface area contributed by atoms with E-state index in [9.17, 15) is 4.79 Å². The number of fused-ring (bicyclic) bond motifs is 1. The van der Waals surface area contributed by atoms with Crippen molar-refractivity contribution in [2.24, 2.45) is 5.73 Å². The van der Waals surface area contributed by atoms with Crippen molar-refractivity contribution in [2.45, 2.75) is 25.8 Å². The van der Waals surface area contributed by atoms with Crippen molar-refractivity contribution in [2.75, 3.05) is 0 Å². The molecule has 94 valence electrons. The van der Waals surface area contributed by atoms with Gasteiger partial charge in [0.1, 0.15) is 6.04 Å². The van der Waals surface area contributed by atoms with Gasteiger partial charge in [-0.15, -0.1) is 0 Å². The Morgan fingerprint density at radius 1 is 1.22 bits per heavy atom. The van der Waals surface area contributed by atoms with Crippen molar-refractivity contribution >= 4 is 16.7 Å². The first-order valence-electron chi connectivity index (χ1n) is 5.99. The predicted octanol–water partition coefficient (Wildman–Crippen LogP) is 2.66. The Hall–Kier alpha value is -1.87. The van der Waals surface area contributed by atoms with Crippen LogP contribution in [0.3, 0.4) is 0 Å². The van der Waals surface area contributed by atoms with Crippen LogP contribution in [0.15, 0.2) is 36.4 Å². The second kappa shape index (κ2) is 4.78. The molecule has 2 aromatic rings. The highest BCUT2D eigenvalue weighted by molar-refractivity contribution is 5.88. The Morgan fingerprint density at radius 3 is 2.56 bits per heavy atom. The fourth-order valence-electron chi connectivity index (χ4n) is 2.40. The zero-order valence-corrected chi connectivity index (χ0v) is 10.6. The minimum absolute atomic E-state index is 0.214. The number of benzene rings is 2. The number of carboxylic acid groups (broad SMARTS) is 1. The molecule has 2 aromatic carbocycles. The van der Waals surface area contributed by atoms with E-state index in [0.717, 1.165) is 21.9 Å². The van der Waals surface area contributed by atoms with E-state index in [2.05, 4.69) is 0 Å². The molecule has 0 heterocycles. The summed E-state index contributed by atoms with van der Waals surface area (Å²) >= 11 is 0. The van der Waals surface area contributed by atoms with Crippen molar-refractivity contribution in [1.82, 2.24) is 0 Å². The Labute approximate surface area is 106 Å². The van der Waals surface area contributed by atoms with Gasteiger partial charge >= 0.3 is 5.97 Å². The van der Waals surface area contributed by atoms with E-state index in [-0.39, 0.29) is 5.92 Å². The molecule has 0 amide bonds. The maximum atomic E-state index is 11.0. The average molecular weight is 243 g/mol. The van der Waals surface area contributed by atoms with Crippen molar-refractivity contribution in [3.63, 3.8) is 0 Å². The molecule has 0 aliphatic carbocycles. The third-order valence-electron chi connectivity index (χ3n) is 3.47. The summed E-state index contributed by atoms with van der Waals surface area (Å²) in [5, 5.41) is 11.3. The zero-order valence-electron chi connectivity index (χ0n) is 10.6. The third-order valence-corrected chi connectivity index (χ3v) is 3.47. The Morgan fingerprint density at radius 2 is 1.89 bits per heavy atom. The number of aryl methyl sites for hydroxylation is 1. The summed E-state index contributed by atoms with van der Waals surface area (Å²) in [4.78, 5) is 11.0. The van der Waals surface area contributed by atoms with Crippen LogP contribution in [0.2, 0.25) is 0 Å². The molecule has 3 heteroatoms. The van der Waals surface area contributed by atoms with Crippen molar-refractivity contribution in [3.05, 3.63) is 47.5 Å². The van der Waals surface area contributed by atoms with Crippen LogP contribution in [-0.2, 0) is 4.79 Å². The Balaban J connectivity index is 2.62. The lowest BCUT2D eigenvalue weighted by atomic mass is 9.86. The average Bonchev–Trinajstić information content (AvgIpc) is 2.37. The molecular formula is C15H17NO2. The van der Waals surface area contributed by atoms with E-state index in [4.69, 9.17) is 10.8 Å². The van der Waals surface area contributed by atoms with Gasteiger partial charge in [0.25, 0.3) is 0 Å². The summed E-state index contributed by atoms with van der Waals surface area (Å²) in [5.41, 5.74) is 7.86. The highest BCUT2D eigenvalue weighted by Crippen LogP contribution is 2.30. The van der Waals surface area contributed by atoms with Crippen LogP contribution in [0, 0.1) is 6.92 Å². The molecule has 0 fully saturated rings. The molecule has 0 saturated carbocycles. The summed E-state index contributed by atoms with van der Waals surface area (Å²) in [6, 6.07) is 11.2. The fraction of sp³-hybridized carbons (Fsp3) is 0.267. The topological polar surface area (TPSA) is 63.3 Å². The van der Waals surface area contributed by atoms with E-state index < -0.39 is 12.0 Å². The first kappa shape index (κ1) is 12.6. The SMILES string of the molecule is Cc1ccc2ccccc2c1[C@@H](C)[C@H](N)C(=O)O. The van der Waals surface area contributed by atoms with Crippen molar-refractivity contribution in [1.29, 1.82) is 0 Å². The van der Waals surface area contributed by atoms with E-state index in [0.29, 0.717) is 0 Å². The molecule has 0 aliphatic rings. The minimum atomic E-state index is -0.963.